The van der Waals surface area contributed by atoms with Crippen molar-refractivity contribution < 1.29 is 19.1 Å². The summed E-state index contributed by atoms with van der Waals surface area (Å²) in [7, 11) is 1.58. The number of methoxy groups -OCH3 is 1. The molecule has 1 N–H and O–H groups in total. The van der Waals surface area contributed by atoms with E-state index in [0.717, 1.165) is 23.3 Å². The molecule has 2 heterocycles. The quantitative estimate of drug-likeness (QED) is 0.821. The van der Waals surface area contributed by atoms with E-state index in [1.54, 1.807) is 30.2 Å². The summed E-state index contributed by atoms with van der Waals surface area (Å²) in [6, 6.07) is 10.9. The maximum Gasteiger partial charge on any atom is 0.232 e. The van der Waals surface area contributed by atoms with E-state index >= 15 is 0 Å². The predicted octanol–water partition coefficient (Wildman–Crippen LogP) is 3.97. The van der Waals surface area contributed by atoms with Crippen LogP contribution in [0, 0.1) is 0 Å². The van der Waals surface area contributed by atoms with Crippen molar-refractivity contribution in [2.75, 3.05) is 19.0 Å². The summed E-state index contributed by atoms with van der Waals surface area (Å²) in [6.07, 6.45) is 0.764. The molecule has 0 aliphatic carbocycles. The van der Waals surface area contributed by atoms with Crippen molar-refractivity contribution in [1.29, 1.82) is 0 Å². The highest BCUT2D eigenvalue weighted by molar-refractivity contribution is 6.30. The van der Waals surface area contributed by atoms with Gasteiger partial charge in [0.1, 0.15) is 17.6 Å². The molecule has 0 fully saturated rings. The summed E-state index contributed by atoms with van der Waals surface area (Å²) in [5, 5.41) is 3.46. The van der Waals surface area contributed by atoms with Crippen LogP contribution in [-0.2, 0) is 16.1 Å². The lowest BCUT2D eigenvalue weighted by molar-refractivity contribution is -0.134. The topological polar surface area (TPSA) is 67.9 Å². The Balaban J connectivity index is 1.55. The van der Waals surface area contributed by atoms with Gasteiger partial charge in [0.25, 0.3) is 0 Å². The van der Waals surface area contributed by atoms with E-state index in [2.05, 4.69) is 5.32 Å². The van der Waals surface area contributed by atoms with Crippen molar-refractivity contribution in [3.8, 4) is 11.5 Å². The summed E-state index contributed by atoms with van der Waals surface area (Å²) in [4.78, 5) is 27.5. The molecule has 2 aliphatic rings. The second kappa shape index (κ2) is 7.95. The van der Waals surface area contributed by atoms with Crippen LogP contribution in [0.5, 0.6) is 11.5 Å². The molecule has 0 saturated carbocycles. The van der Waals surface area contributed by atoms with E-state index in [1.807, 2.05) is 25.1 Å². The standard InChI is InChI=1S/C22H23ClN2O4/c1-3-15-12-25(11-13-4-5-14(23)8-20(13)29-15)21(26)10-18-17-7-6-16(28-2)9-19(17)24-22(18)27/h4-9,15,18H,3,10-12H2,1-2H3,(H,24,27)/t15-,18-/m0/s1. The molecule has 4 rings (SSSR count). The summed E-state index contributed by atoms with van der Waals surface area (Å²) in [5.41, 5.74) is 2.45. The van der Waals surface area contributed by atoms with Gasteiger partial charge in [0, 0.05) is 35.3 Å². The molecule has 7 heteroatoms. The van der Waals surface area contributed by atoms with Crippen molar-refractivity contribution in [2.24, 2.45) is 0 Å². The Morgan fingerprint density at radius 2 is 2.14 bits per heavy atom. The number of amides is 2. The number of nitrogens with zero attached hydrogens (tertiary/aromatic N) is 1. The van der Waals surface area contributed by atoms with Gasteiger partial charge in [-0.15, -0.1) is 0 Å². The van der Waals surface area contributed by atoms with Gasteiger partial charge in [-0.25, -0.2) is 0 Å². The van der Waals surface area contributed by atoms with Crippen LogP contribution in [0.15, 0.2) is 36.4 Å². The number of hydrogen-bond donors (Lipinski definition) is 1. The molecule has 0 bridgehead atoms. The Kier molecular flexibility index (Phi) is 5.37. The predicted molar refractivity (Wildman–Crippen MR) is 111 cm³/mol. The first-order valence-corrected chi connectivity index (χ1v) is 10.1. The highest BCUT2D eigenvalue weighted by Crippen LogP contribution is 2.38. The van der Waals surface area contributed by atoms with Crippen LogP contribution < -0.4 is 14.8 Å². The first kappa shape index (κ1) is 19.6. The van der Waals surface area contributed by atoms with Crippen LogP contribution in [0.1, 0.15) is 36.8 Å². The van der Waals surface area contributed by atoms with Crippen LogP contribution in [0.25, 0.3) is 0 Å². The van der Waals surface area contributed by atoms with Gasteiger partial charge < -0.3 is 19.7 Å². The summed E-state index contributed by atoms with van der Waals surface area (Å²) >= 11 is 6.10. The molecule has 0 aromatic heterocycles. The number of carbonyl (C=O) groups is 2. The number of nitrogens with one attached hydrogen (secondary N) is 1. The van der Waals surface area contributed by atoms with E-state index in [4.69, 9.17) is 21.1 Å². The number of anilines is 1. The summed E-state index contributed by atoms with van der Waals surface area (Å²) in [5.74, 6) is 0.653. The van der Waals surface area contributed by atoms with Gasteiger partial charge in [-0.1, -0.05) is 30.7 Å². The molecular weight excluding hydrogens is 392 g/mol. The van der Waals surface area contributed by atoms with E-state index in [1.165, 1.54) is 0 Å². The van der Waals surface area contributed by atoms with Crippen molar-refractivity contribution in [2.45, 2.75) is 38.3 Å². The maximum absolute atomic E-state index is 13.2. The minimum absolute atomic E-state index is 0.0707. The van der Waals surface area contributed by atoms with Crippen LogP contribution in [0.4, 0.5) is 5.69 Å². The molecule has 2 amide bonds. The van der Waals surface area contributed by atoms with Gasteiger partial charge in [0.15, 0.2) is 0 Å². The zero-order valence-electron chi connectivity index (χ0n) is 16.4. The SMILES string of the molecule is CC[C@H]1CN(C(=O)C[C@@H]2C(=O)Nc3cc(OC)ccc32)Cc2ccc(Cl)cc2O1. The number of carbonyl (C=O) groups excluding carboxylic acids is 2. The molecular formula is C22H23ClN2O4. The van der Waals surface area contributed by atoms with E-state index in [0.29, 0.717) is 29.5 Å². The minimum Gasteiger partial charge on any atom is -0.497 e. The molecule has 152 valence electrons. The average molecular weight is 415 g/mol. The molecule has 0 saturated heterocycles. The van der Waals surface area contributed by atoms with Gasteiger partial charge in [0.05, 0.1) is 19.6 Å². The average Bonchev–Trinajstić information content (AvgIpc) is 2.90. The molecule has 2 aromatic carbocycles. The fourth-order valence-electron chi connectivity index (χ4n) is 3.85. The van der Waals surface area contributed by atoms with Crippen molar-refractivity contribution >= 4 is 29.1 Å². The minimum atomic E-state index is -0.502. The number of rotatable bonds is 4. The van der Waals surface area contributed by atoms with Gasteiger partial charge in [-0.2, -0.15) is 0 Å². The van der Waals surface area contributed by atoms with Crippen molar-refractivity contribution in [3.63, 3.8) is 0 Å². The third-order valence-electron chi connectivity index (χ3n) is 5.51. The third-order valence-corrected chi connectivity index (χ3v) is 5.74. The normalized spacial score (nSPS) is 20.2. The number of fused-ring (bicyclic) bond motifs is 2. The zero-order chi connectivity index (χ0) is 20.5. The molecule has 29 heavy (non-hydrogen) atoms. The van der Waals surface area contributed by atoms with E-state index in [-0.39, 0.29) is 24.3 Å². The summed E-state index contributed by atoms with van der Waals surface area (Å²) < 4.78 is 11.3. The molecule has 0 spiro atoms. The van der Waals surface area contributed by atoms with Crippen molar-refractivity contribution in [3.05, 3.63) is 52.5 Å². The van der Waals surface area contributed by atoms with Crippen LogP contribution in [-0.4, -0.2) is 36.5 Å². The molecule has 2 atom stereocenters. The fourth-order valence-corrected chi connectivity index (χ4v) is 4.01. The van der Waals surface area contributed by atoms with E-state index < -0.39 is 5.92 Å². The second-order valence-corrected chi connectivity index (χ2v) is 7.81. The first-order chi connectivity index (χ1) is 14.0. The Morgan fingerprint density at radius 3 is 2.90 bits per heavy atom. The number of halogens is 1. The highest BCUT2D eigenvalue weighted by Gasteiger charge is 2.35. The third kappa shape index (κ3) is 3.90. The molecule has 2 aromatic rings. The Labute approximate surface area is 174 Å². The maximum atomic E-state index is 13.2. The van der Waals surface area contributed by atoms with Gasteiger partial charge in [-0.3, -0.25) is 9.59 Å². The Morgan fingerprint density at radius 1 is 1.31 bits per heavy atom. The lowest BCUT2D eigenvalue weighted by Crippen LogP contribution is -2.38. The fraction of sp³-hybridized carbons (Fsp3) is 0.364. The lowest BCUT2D eigenvalue weighted by Gasteiger charge is -2.24. The number of benzene rings is 2. The lowest BCUT2D eigenvalue weighted by atomic mass is 9.96. The molecule has 2 aliphatic heterocycles. The first-order valence-electron chi connectivity index (χ1n) is 9.70. The highest BCUT2D eigenvalue weighted by atomic mass is 35.5. The summed E-state index contributed by atoms with van der Waals surface area (Å²) in [6.45, 7) is 2.94. The van der Waals surface area contributed by atoms with E-state index in [9.17, 15) is 9.59 Å². The Hall–Kier alpha value is -2.73. The van der Waals surface area contributed by atoms with Gasteiger partial charge in [-0.05, 0) is 30.2 Å². The second-order valence-electron chi connectivity index (χ2n) is 7.37. The number of hydrogen-bond acceptors (Lipinski definition) is 4. The monoisotopic (exact) mass is 414 g/mol. The van der Waals surface area contributed by atoms with Gasteiger partial charge in [0.2, 0.25) is 11.8 Å². The Bertz CT molecular complexity index is 962. The van der Waals surface area contributed by atoms with Crippen LogP contribution in [0.2, 0.25) is 5.02 Å². The molecule has 0 unspecified atom stereocenters. The zero-order valence-corrected chi connectivity index (χ0v) is 17.2. The molecule has 0 radical (unpaired) electrons. The van der Waals surface area contributed by atoms with Crippen molar-refractivity contribution in [1.82, 2.24) is 4.90 Å². The van der Waals surface area contributed by atoms with Crippen LogP contribution in [0.3, 0.4) is 0 Å². The smallest absolute Gasteiger partial charge is 0.232 e. The molecule has 6 nitrogen and oxygen atoms in total. The van der Waals surface area contributed by atoms with Crippen LogP contribution >= 0.6 is 11.6 Å². The number of ether oxygens (including phenoxy) is 2. The largest absolute Gasteiger partial charge is 0.497 e. The van der Waals surface area contributed by atoms with Gasteiger partial charge >= 0.3 is 0 Å².